The van der Waals surface area contributed by atoms with Gasteiger partial charge in [0.2, 0.25) is 0 Å². The van der Waals surface area contributed by atoms with Crippen molar-refractivity contribution in [3.8, 4) is 0 Å². The van der Waals surface area contributed by atoms with Gasteiger partial charge >= 0.3 is 6.09 Å². The number of carbonyl (C=O) groups is 1. The van der Waals surface area contributed by atoms with Gasteiger partial charge < -0.3 is 15.5 Å². The van der Waals surface area contributed by atoms with E-state index >= 15 is 0 Å². The number of nitrogens with one attached hydrogen (secondary N) is 2. The summed E-state index contributed by atoms with van der Waals surface area (Å²) in [7, 11) is 0. The maximum Gasteiger partial charge on any atom is 0.407 e. The smallest absolute Gasteiger partial charge is 0.407 e. The van der Waals surface area contributed by atoms with Crippen molar-refractivity contribution < 1.29 is 9.53 Å². The van der Waals surface area contributed by atoms with Crippen LogP contribution in [0.2, 0.25) is 0 Å². The van der Waals surface area contributed by atoms with Crippen LogP contribution >= 0.6 is 0 Å². The van der Waals surface area contributed by atoms with Crippen molar-refractivity contribution in [2.75, 3.05) is 6.54 Å². The van der Waals surface area contributed by atoms with E-state index in [1.54, 1.807) is 20.8 Å². The summed E-state index contributed by atoms with van der Waals surface area (Å²) in [5.41, 5.74) is -0.466. The zero-order valence-corrected chi connectivity index (χ0v) is 7.10. The zero-order chi connectivity index (χ0) is 8.91. The highest BCUT2D eigenvalue weighted by Gasteiger charge is 2.14. The Balaban J connectivity index is 3.61. The fourth-order valence-corrected chi connectivity index (χ4v) is 0.449. The molecule has 4 heteroatoms. The van der Waals surface area contributed by atoms with Crippen molar-refractivity contribution >= 4 is 12.3 Å². The lowest BCUT2D eigenvalue weighted by Gasteiger charge is -2.19. The van der Waals surface area contributed by atoms with Gasteiger partial charge in [-0.2, -0.15) is 0 Å². The molecule has 11 heavy (non-hydrogen) atoms. The Bertz CT molecular complexity index is 149. The Kier molecular flexibility index (Phi) is 3.57. The summed E-state index contributed by atoms with van der Waals surface area (Å²) in [4.78, 5) is 10.8. The zero-order valence-electron chi connectivity index (χ0n) is 7.10. The molecule has 0 aliphatic carbocycles. The molecule has 0 saturated carbocycles. The first-order valence-corrected chi connectivity index (χ1v) is 3.41. The van der Waals surface area contributed by atoms with E-state index < -0.39 is 11.7 Å². The molecule has 0 aromatic carbocycles. The summed E-state index contributed by atoms with van der Waals surface area (Å²) in [5.74, 6) is 0. The first-order valence-electron chi connectivity index (χ1n) is 3.41. The second-order valence-electron chi connectivity index (χ2n) is 3.09. The molecule has 0 aliphatic rings. The van der Waals surface area contributed by atoms with Crippen LogP contribution in [0.4, 0.5) is 4.79 Å². The molecule has 0 aromatic rings. The SMILES string of the molecule is CC(C)(C)OC(=O)NCC=N. The first kappa shape index (κ1) is 9.94. The number of rotatable bonds is 2. The van der Waals surface area contributed by atoms with E-state index in [-0.39, 0.29) is 6.54 Å². The molecule has 64 valence electrons. The average Bonchev–Trinajstić information content (AvgIpc) is 1.79. The molecule has 4 nitrogen and oxygen atoms in total. The molecule has 0 rings (SSSR count). The van der Waals surface area contributed by atoms with Crippen molar-refractivity contribution in [2.24, 2.45) is 0 Å². The second-order valence-corrected chi connectivity index (χ2v) is 3.09. The largest absolute Gasteiger partial charge is 0.444 e. The molecule has 0 aromatic heterocycles. The quantitative estimate of drug-likeness (QED) is 0.592. The second kappa shape index (κ2) is 3.95. The van der Waals surface area contributed by atoms with E-state index in [1.807, 2.05) is 0 Å². The average molecular weight is 158 g/mol. The predicted molar refractivity (Wildman–Crippen MR) is 43.0 cm³/mol. The standard InChI is InChI=1S/C7H14N2O2/c1-7(2,3)11-6(10)9-5-4-8/h4,8H,5H2,1-3H3,(H,9,10). The summed E-state index contributed by atoms with van der Waals surface area (Å²) in [6.45, 7) is 5.58. The molecule has 0 spiro atoms. The Morgan fingerprint density at radius 3 is 2.55 bits per heavy atom. The molecule has 0 heterocycles. The van der Waals surface area contributed by atoms with E-state index in [0.717, 1.165) is 6.21 Å². The van der Waals surface area contributed by atoms with Gasteiger partial charge in [-0.15, -0.1) is 0 Å². The molecule has 0 radical (unpaired) electrons. The summed E-state index contributed by atoms with van der Waals surface area (Å²) >= 11 is 0. The van der Waals surface area contributed by atoms with Gasteiger partial charge in [0, 0.05) is 6.21 Å². The van der Waals surface area contributed by atoms with Crippen LogP contribution in [0.25, 0.3) is 0 Å². The van der Waals surface area contributed by atoms with Crippen molar-refractivity contribution in [3.63, 3.8) is 0 Å². The minimum Gasteiger partial charge on any atom is -0.444 e. The molecule has 0 aliphatic heterocycles. The van der Waals surface area contributed by atoms with Gasteiger partial charge in [-0.1, -0.05) is 0 Å². The molecule has 0 fully saturated rings. The molecule has 0 atom stereocenters. The fraction of sp³-hybridized carbons (Fsp3) is 0.714. The lowest BCUT2D eigenvalue weighted by molar-refractivity contribution is 0.0536. The molecular weight excluding hydrogens is 144 g/mol. The third kappa shape index (κ3) is 6.83. The summed E-state index contributed by atoms with van der Waals surface area (Å²) < 4.78 is 4.89. The minimum absolute atomic E-state index is 0.217. The van der Waals surface area contributed by atoms with Gasteiger partial charge in [0.25, 0.3) is 0 Å². The Morgan fingerprint density at radius 1 is 1.64 bits per heavy atom. The van der Waals surface area contributed by atoms with Gasteiger partial charge in [-0.25, -0.2) is 4.79 Å². The third-order valence-electron chi connectivity index (χ3n) is 0.747. The summed E-state index contributed by atoms with van der Waals surface area (Å²) in [6.07, 6.45) is 0.616. The van der Waals surface area contributed by atoms with Crippen molar-refractivity contribution in [3.05, 3.63) is 0 Å². The van der Waals surface area contributed by atoms with E-state index in [9.17, 15) is 4.79 Å². The van der Waals surface area contributed by atoms with E-state index in [2.05, 4.69) is 5.32 Å². The van der Waals surface area contributed by atoms with E-state index in [0.29, 0.717) is 0 Å². The van der Waals surface area contributed by atoms with Crippen LogP contribution < -0.4 is 5.32 Å². The van der Waals surface area contributed by atoms with Gasteiger partial charge in [0.15, 0.2) is 0 Å². The van der Waals surface area contributed by atoms with Gasteiger partial charge in [0.05, 0.1) is 6.54 Å². The molecule has 1 amide bonds. The molecule has 0 unspecified atom stereocenters. The first-order chi connectivity index (χ1) is 4.95. The molecule has 0 saturated heterocycles. The van der Waals surface area contributed by atoms with E-state index in [4.69, 9.17) is 10.1 Å². The monoisotopic (exact) mass is 158 g/mol. The van der Waals surface area contributed by atoms with Crippen LogP contribution in [0.1, 0.15) is 20.8 Å². The van der Waals surface area contributed by atoms with Crippen molar-refractivity contribution in [1.29, 1.82) is 5.41 Å². The number of amides is 1. The minimum atomic E-state index is -0.485. The van der Waals surface area contributed by atoms with Gasteiger partial charge in [-0.05, 0) is 20.8 Å². The molecule has 0 bridgehead atoms. The van der Waals surface area contributed by atoms with Crippen molar-refractivity contribution in [1.82, 2.24) is 5.32 Å². The lowest BCUT2D eigenvalue weighted by atomic mass is 10.2. The maximum absolute atomic E-state index is 10.8. The number of hydrogen-bond donors (Lipinski definition) is 2. The summed E-state index contributed by atoms with van der Waals surface area (Å²) in [6, 6.07) is 0. The van der Waals surface area contributed by atoms with Crippen LogP contribution in [0.15, 0.2) is 0 Å². The van der Waals surface area contributed by atoms with Crippen LogP contribution in [0.5, 0.6) is 0 Å². The molecule has 2 N–H and O–H groups in total. The van der Waals surface area contributed by atoms with Crippen LogP contribution in [-0.4, -0.2) is 24.5 Å². The number of alkyl carbamates (subject to hydrolysis) is 1. The highest BCUT2D eigenvalue weighted by molar-refractivity contribution is 5.71. The van der Waals surface area contributed by atoms with Crippen molar-refractivity contribution in [2.45, 2.75) is 26.4 Å². The number of carbonyl (C=O) groups excluding carboxylic acids is 1. The van der Waals surface area contributed by atoms with Gasteiger partial charge in [0.1, 0.15) is 5.60 Å². The van der Waals surface area contributed by atoms with Crippen LogP contribution in [-0.2, 0) is 4.74 Å². The fourth-order valence-electron chi connectivity index (χ4n) is 0.449. The molecular formula is C7H14N2O2. The number of hydrogen-bond acceptors (Lipinski definition) is 3. The van der Waals surface area contributed by atoms with Crippen LogP contribution in [0.3, 0.4) is 0 Å². The Hall–Kier alpha value is -1.06. The van der Waals surface area contributed by atoms with Crippen LogP contribution in [0, 0.1) is 5.41 Å². The maximum atomic E-state index is 10.8. The highest BCUT2D eigenvalue weighted by atomic mass is 16.6. The lowest BCUT2D eigenvalue weighted by Crippen LogP contribution is -2.33. The van der Waals surface area contributed by atoms with E-state index in [1.165, 1.54) is 0 Å². The Morgan fingerprint density at radius 2 is 2.18 bits per heavy atom. The highest BCUT2D eigenvalue weighted by Crippen LogP contribution is 2.05. The van der Waals surface area contributed by atoms with Gasteiger partial charge in [-0.3, -0.25) is 0 Å². The normalized spacial score (nSPS) is 10.5. The summed E-state index contributed by atoms with van der Waals surface area (Å²) in [5, 5.41) is 9.02. The predicted octanol–water partition coefficient (Wildman–Crippen LogP) is 1.16. The number of ether oxygens (including phenoxy) is 1. The third-order valence-corrected chi connectivity index (χ3v) is 0.747. The Labute approximate surface area is 66.4 Å². The topological polar surface area (TPSA) is 62.2 Å².